The number of nitrogens with zero attached hydrogens (tertiary/aromatic N) is 1. The smallest absolute Gasteiger partial charge is 0.129 e. The predicted molar refractivity (Wildman–Crippen MR) is 136 cm³/mol. The molecule has 0 aliphatic heterocycles. The molecule has 5 heteroatoms. The van der Waals surface area contributed by atoms with E-state index >= 15 is 0 Å². The van der Waals surface area contributed by atoms with Crippen LogP contribution in [0.2, 0.25) is 5.02 Å². The van der Waals surface area contributed by atoms with Crippen molar-refractivity contribution in [3.05, 3.63) is 63.9 Å². The number of aryl methyl sites for hydroxylation is 1. The van der Waals surface area contributed by atoms with E-state index in [-0.39, 0.29) is 5.92 Å². The van der Waals surface area contributed by atoms with Gasteiger partial charge in [-0.25, -0.2) is 0 Å². The summed E-state index contributed by atoms with van der Waals surface area (Å²) >= 11 is 6.16. The summed E-state index contributed by atoms with van der Waals surface area (Å²) in [7, 11) is 1.64. The second-order valence-corrected chi connectivity index (χ2v) is 9.47. The van der Waals surface area contributed by atoms with Crippen LogP contribution in [-0.2, 0) is 11.2 Å². The molecule has 0 fully saturated rings. The highest BCUT2D eigenvalue weighted by Gasteiger charge is 2.22. The number of methoxy groups -OCH3 is 1. The Hall–Kier alpha value is -2.48. The zero-order chi connectivity index (χ0) is 24.5. The van der Waals surface area contributed by atoms with Gasteiger partial charge < -0.3 is 14.6 Å². The Morgan fingerprint density at radius 2 is 1.73 bits per heavy atom. The molecule has 2 aromatic rings. The Kier molecular flexibility index (Phi) is 10.3. The van der Waals surface area contributed by atoms with Crippen LogP contribution in [0.1, 0.15) is 64.2 Å². The van der Waals surface area contributed by atoms with E-state index < -0.39 is 0 Å². The highest BCUT2D eigenvalue weighted by molar-refractivity contribution is 6.31. The van der Waals surface area contributed by atoms with Crippen LogP contribution < -0.4 is 4.74 Å². The van der Waals surface area contributed by atoms with E-state index in [1.54, 1.807) is 25.3 Å². The van der Waals surface area contributed by atoms with Gasteiger partial charge in [0.1, 0.15) is 23.3 Å². The molecule has 0 radical (unpaired) electrons. The number of aliphatic hydroxyl groups is 1. The van der Waals surface area contributed by atoms with E-state index in [1.165, 1.54) is 0 Å². The number of aliphatic hydroxyl groups excluding tert-OH is 1. The maximum absolute atomic E-state index is 11.3. The lowest BCUT2D eigenvalue weighted by molar-refractivity contribution is 0.227. The van der Waals surface area contributed by atoms with Crippen LogP contribution in [0.3, 0.4) is 0 Å². The van der Waals surface area contributed by atoms with Gasteiger partial charge in [0, 0.05) is 24.7 Å². The van der Waals surface area contributed by atoms with E-state index in [9.17, 15) is 5.11 Å². The summed E-state index contributed by atoms with van der Waals surface area (Å²) < 4.78 is 11.5. The van der Waals surface area contributed by atoms with Gasteiger partial charge in [-0.2, -0.15) is 5.26 Å². The minimum atomic E-state index is 0.0144. The molecule has 178 valence electrons. The normalized spacial score (nSPS) is 13.9. The van der Waals surface area contributed by atoms with Gasteiger partial charge in [-0.1, -0.05) is 58.7 Å². The first-order valence-corrected chi connectivity index (χ1v) is 12.0. The predicted octanol–water partition coefficient (Wildman–Crippen LogP) is 8.19. The average Bonchev–Trinajstić information content (AvgIpc) is 2.80. The van der Waals surface area contributed by atoms with Crippen molar-refractivity contribution in [3.63, 3.8) is 0 Å². The largest absolute Gasteiger partial charge is 0.512 e. The Labute approximate surface area is 203 Å². The van der Waals surface area contributed by atoms with Crippen LogP contribution in [0.15, 0.2) is 42.2 Å². The molecule has 0 amide bonds. The molecule has 33 heavy (non-hydrogen) atoms. The number of allylic oxidation sites excluding steroid dienone is 1. The highest BCUT2D eigenvalue weighted by Crippen LogP contribution is 2.35. The van der Waals surface area contributed by atoms with Crippen molar-refractivity contribution in [1.29, 1.82) is 5.26 Å². The summed E-state index contributed by atoms with van der Waals surface area (Å²) in [5.74, 6) is 2.56. The van der Waals surface area contributed by atoms with Crippen LogP contribution in [0.25, 0.3) is 5.57 Å². The number of nitriles is 1. The standard InChI is InChI=1S/C28H36ClNO3/c1-7-21-10-12-23(33-24-13-11-22(16-30)27(29)15-24)14-25(21)26(17-32-6)28(31)20(5)19(4)9-8-18(2)3/h10-15,18-20,31H,7-9,17H2,1-6H3/b28-26-/t19-,20?/m0/s1. The molecule has 2 aromatic carbocycles. The number of hydrogen-bond donors (Lipinski definition) is 1. The molecule has 0 spiro atoms. The van der Waals surface area contributed by atoms with Crippen molar-refractivity contribution in [2.24, 2.45) is 17.8 Å². The van der Waals surface area contributed by atoms with Crippen molar-refractivity contribution in [3.8, 4) is 17.6 Å². The second-order valence-electron chi connectivity index (χ2n) is 9.06. The van der Waals surface area contributed by atoms with Gasteiger partial charge in [0.05, 0.1) is 17.2 Å². The number of ether oxygens (including phenoxy) is 2. The molecule has 0 aliphatic rings. The van der Waals surface area contributed by atoms with Gasteiger partial charge in [0.25, 0.3) is 0 Å². The van der Waals surface area contributed by atoms with Crippen molar-refractivity contribution in [2.75, 3.05) is 13.7 Å². The summed E-state index contributed by atoms with van der Waals surface area (Å²) in [6.07, 6.45) is 3.01. The Bertz CT molecular complexity index is 1010. The minimum Gasteiger partial charge on any atom is -0.512 e. The lowest BCUT2D eigenvalue weighted by atomic mass is 9.85. The number of hydrogen-bond acceptors (Lipinski definition) is 4. The Morgan fingerprint density at radius 1 is 1.06 bits per heavy atom. The Morgan fingerprint density at radius 3 is 2.30 bits per heavy atom. The first-order chi connectivity index (χ1) is 15.7. The SMILES string of the molecule is CCc1ccc(Oc2ccc(C#N)c(Cl)c2)cc1/C(COC)=C(\O)C(C)[C@@H](C)CCC(C)C. The molecule has 0 saturated carbocycles. The molecule has 1 N–H and O–H groups in total. The molecule has 1 unspecified atom stereocenters. The minimum absolute atomic E-state index is 0.0144. The van der Waals surface area contributed by atoms with Crippen molar-refractivity contribution >= 4 is 17.2 Å². The third-order valence-electron chi connectivity index (χ3n) is 6.17. The first kappa shape index (κ1) is 26.8. The van der Waals surface area contributed by atoms with Crippen LogP contribution in [0, 0.1) is 29.1 Å². The van der Waals surface area contributed by atoms with Crippen molar-refractivity contribution in [1.82, 2.24) is 0 Å². The maximum atomic E-state index is 11.3. The molecule has 0 bridgehead atoms. The lowest BCUT2D eigenvalue weighted by Crippen LogP contribution is -2.15. The van der Waals surface area contributed by atoms with Gasteiger partial charge in [-0.05, 0) is 60.1 Å². The zero-order valence-electron chi connectivity index (χ0n) is 20.6. The highest BCUT2D eigenvalue weighted by atomic mass is 35.5. The molecule has 0 aromatic heterocycles. The summed E-state index contributed by atoms with van der Waals surface area (Å²) in [5, 5.41) is 20.7. The fourth-order valence-corrected chi connectivity index (χ4v) is 4.03. The third kappa shape index (κ3) is 7.25. The Balaban J connectivity index is 2.43. The second kappa shape index (κ2) is 12.7. The van der Waals surface area contributed by atoms with E-state index in [0.717, 1.165) is 36.0 Å². The zero-order valence-corrected chi connectivity index (χ0v) is 21.4. The fraction of sp³-hybridized carbons (Fsp3) is 0.464. The third-order valence-corrected chi connectivity index (χ3v) is 6.48. The summed E-state index contributed by atoms with van der Waals surface area (Å²) in [4.78, 5) is 0. The first-order valence-electron chi connectivity index (χ1n) is 11.6. The van der Waals surface area contributed by atoms with Crippen LogP contribution in [0.5, 0.6) is 11.5 Å². The van der Waals surface area contributed by atoms with Crippen LogP contribution in [0.4, 0.5) is 0 Å². The number of rotatable bonds is 11. The molecule has 0 heterocycles. The fourth-order valence-electron chi connectivity index (χ4n) is 3.82. The van der Waals surface area contributed by atoms with Crippen molar-refractivity contribution in [2.45, 2.75) is 53.9 Å². The van der Waals surface area contributed by atoms with Gasteiger partial charge >= 0.3 is 0 Å². The van der Waals surface area contributed by atoms with E-state index in [4.69, 9.17) is 26.3 Å². The molecule has 4 nitrogen and oxygen atoms in total. The summed E-state index contributed by atoms with van der Waals surface area (Å²) in [5.41, 5.74) is 3.24. The molecule has 2 atom stereocenters. The summed E-state index contributed by atoms with van der Waals surface area (Å²) in [6.45, 7) is 11.1. The van der Waals surface area contributed by atoms with E-state index in [0.29, 0.717) is 46.3 Å². The topological polar surface area (TPSA) is 62.5 Å². The average molecular weight is 470 g/mol. The van der Waals surface area contributed by atoms with E-state index in [1.807, 2.05) is 18.2 Å². The molecular formula is C28H36ClNO3. The quantitative estimate of drug-likeness (QED) is 0.337. The lowest BCUT2D eigenvalue weighted by Gasteiger charge is -2.24. The summed E-state index contributed by atoms with van der Waals surface area (Å²) in [6, 6.07) is 12.9. The van der Waals surface area contributed by atoms with Crippen molar-refractivity contribution < 1.29 is 14.6 Å². The van der Waals surface area contributed by atoms with Crippen LogP contribution in [-0.4, -0.2) is 18.8 Å². The molecule has 2 rings (SSSR count). The molecule has 0 saturated heterocycles. The van der Waals surface area contributed by atoms with E-state index in [2.05, 4.69) is 40.7 Å². The van der Waals surface area contributed by atoms with Gasteiger partial charge in [-0.3, -0.25) is 0 Å². The van der Waals surface area contributed by atoms with Gasteiger partial charge in [-0.15, -0.1) is 0 Å². The van der Waals surface area contributed by atoms with Gasteiger partial charge in [0.15, 0.2) is 0 Å². The van der Waals surface area contributed by atoms with Gasteiger partial charge in [0.2, 0.25) is 0 Å². The molecular weight excluding hydrogens is 434 g/mol. The maximum Gasteiger partial charge on any atom is 0.129 e. The number of benzene rings is 2. The molecule has 0 aliphatic carbocycles. The monoisotopic (exact) mass is 469 g/mol. The number of halogens is 1. The van der Waals surface area contributed by atoms with Crippen LogP contribution >= 0.6 is 11.6 Å².